The molecule has 0 saturated carbocycles. The number of nitrogens with zero attached hydrogens (tertiary/aromatic N) is 1. The Bertz CT molecular complexity index is 257. The van der Waals surface area contributed by atoms with Gasteiger partial charge in [0.1, 0.15) is 0 Å². The van der Waals surface area contributed by atoms with Crippen molar-refractivity contribution in [2.75, 3.05) is 0 Å². The molecule has 1 rings (SSSR count). The number of aromatic nitrogens is 1. The summed E-state index contributed by atoms with van der Waals surface area (Å²) in [5.74, 6) is 0.149. The van der Waals surface area contributed by atoms with Crippen molar-refractivity contribution in [1.82, 2.24) is 4.98 Å². The molecule has 1 heterocycles. The van der Waals surface area contributed by atoms with E-state index in [1.807, 2.05) is 6.92 Å². The third-order valence-electron chi connectivity index (χ3n) is 1.16. The highest BCUT2D eigenvalue weighted by Crippen LogP contribution is 2.21. The normalized spacial score (nSPS) is 9.64. The highest BCUT2D eigenvalue weighted by atomic mass is 32.1. The van der Waals surface area contributed by atoms with Crippen molar-refractivity contribution in [1.29, 1.82) is 0 Å². The van der Waals surface area contributed by atoms with Gasteiger partial charge >= 0.3 is 5.97 Å². The Labute approximate surface area is 69.0 Å². The summed E-state index contributed by atoms with van der Waals surface area (Å²) in [6, 6.07) is 0. The van der Waals surface area contributed by atoms with Crippen molar-refractivity contribution in [3.05, 3.63) is 10.4 Å². The Morgan fingerprint density at radius 1 is 1.82 bits per heavy atom. The van der Waals surface area contributed by atoms with Gasteiger partial charge in [-0.15, -0.1) is 11.3 Å². The molecule has 0 N–H and O–H groups in total. The predicted octanol–water partition coefficient (Wildman–Crippen LogP) is 1.63. The summed E-state index contributed by atoms with van der Waals surface area (Å²) in [7, 11) is 0. The molecule has 0 aliphatic carbocycles. The number of hydrogen-bond donors (Lipinski definition) is 0. The molecule has 11 heavy (non-hydrogen) atoms. The zero-order valence-electron chi connectivity index (χ0n) is 6.46. The van der Waals surface area contributed by atoms with Gasteiger partial charge in [0, 0.05) is 6.92 Å². The first-order valence-electron chi connectivity index (χ1n) is 3.34. The third kappa shape index (κ3) is 2.01. The summed E-state index contributed by atoms with van der Waals surface area (Å²) >= 11 is 1.50. The first kappa shape index (κ1) is 8.20. The quantitative estimate of drug-likeness (QED) is 0.635. The molecule has 1 aromatic heterocycles. The van der Waals surface area contributed by atoms with E-state index >= 15 is 0 Å². The van der Waals surface area contributed by atoms with E-state index < -0.39 is 0 Å². The van der Waals surface area contributed by atoms with Gasteiger partial charge < -0.3 is 4.74 Å². The van der Waals surface area contributed by atoms with Gasteiger partial charge in [-0.2, -0.15) is 0 Å². The minimum atomic E-state index is -0.314. The van der Waals surface area contributed by atoms with Crippen LogP contribution in [0.1, 0.15) is 18.7 Å². The minimum absolute atomic E-state index is 0.314. The molecule has 3 nitrogen and oxygen atoms in total. The molecule has 0 unspecified atom stereocenters. The lowest BCUT2D eigenvalue weighted by atomic mass is 10.4. The highest BCUT2D eigenvalue weighted by molar-refractivity contribution is 7.09. The van der Waals surface area contributed by atoms with Crippen LogP contribution in [0.15, 0.2) is 5.51 Å². The van der Waals surface area contributed by atoms with Gasteiger partial charge in [0.15, 0.2) is 0 Å². The van der Waals surface area contributed by atoms with Crippen molar-refractivity contribution >= 4 is 17.3 Å². The Kier molecular flexibility index (Phi) is 2.59. The monoisotopic (exact) mass is 171 g/mol. The summed E-state index contributed by atoms with van der Waals surface area (Å²) in [4.78, 5) is 15.4. The fraction of sp³-hybridized carbons (Fsp3) is 0.429. The Hall–Kier alpha value is -0.900. The molecule has 4 heteroatoms. The smallest absolute Gasteiger partial charge is 0.309 e. The van der Waals surface area contributed by atoms with E-state index in [1.54, 1.807) is 5.51 Å². The molecule has 0 saturated heterocycles. The van der Waals surface area contributed by atoms with E-state index in [4.69, 9.17) is 4.74 Å². The van der Waals surface area contributed by atoms with Crippen LogP contribution < -0.4 is 4.74 Å². The molecule has 0 fully saturated rings. The summed E-state index contributed by atoms with van der Waals surface area (Å²) in [5.41, 5.74) is 1.68. The predicted molar refractivity (Wildman–Crippen MR) is 42.8 cm³/mol. The van der Waals surface area contributed by atoms with Crippen molar-refractivity contribution in [3.8, 4) is 5.88 Å². The highest BCUT2D eigenvalue weighted by Gasteiger charge is 2.06. The van der Waals surface area contributed by atoms with Gasteiger partial charge in [0.2, 0.25) is 5.88 Å². The molecule has 0 radical (unpaired) electrons. The first-order chi connectivity index (χ1) is 5.24. The maximum atomic E-state index is 10.5. The van der Waals surface area contributed by atoms with Gasteiger partial charge in [0.25, 0.3) is 0 Å². The average molecular weight is 171 g/mol. The lowest BCUT2D eigenvalue weighted by Crippen LogP contribution is -2.02. The van der Waals surface area contributed by atoms with Gasteiger partial charge in [-0.1, -0.05) is 6.92 Å². The van der Waals surface area contributed by atoms with Crippen molar-refractivity contribution < 1.29 is 9.53 Å². The topological polar surface area (TPSA) is 39.2 Å². The molecule has 60 valence electrons. The van der Waals surface area contributed by atoms with Crippen LogP contribution in [0.25, 0.3) is 0 Å². The van der Waals surface area contributed by atoms with Crippen LogP contribution >= 0.6 is 11.3 Å². The van der Waals surface area contributed by atoms with Gasteiger partial charge in [-0.25, -0.2) is 4.98 Å². The van der Waals surface area contributed by atoms with E-state index in [1.165, 1.54) is 18.3 Å². The summed E-state index contributed by atoms with van der Waals surface area (Å²) in [6.07, 6.45) is 0.854. The fourth-order valence-corrected chi connectivity index (χ4v) is 1.35. The number of ether oxygens (including phenoxy) is 1. The molecule has 0 bridgehead atoms. The first-order valence-corrected chi connectivity index (χ1v) is 4.22. The molecule has 1 aromatic rings. The molecular formula is C7H9NO2S. The standard InChI is InChI=1S/C7H9NO2S/c1-3-6-7(8-4-11-6)10-5(2)9/h4H,3H2,1-2H3. The molecular weight excluding hydrogens is 162 g/mol. The van der Waals surface area contributed by atoms with Crippen LogP contribution in [0.5, 0.6) is 5.88 Å². The second kappa shape index (κ2) is 3.48. The second-order valence-corrected chi connectivity index (χ2v) is 2.97. The average Bonchev–Trinajstić information content (AvgIpc) is 2.34. The lowest BCUT2D eigenvalue weighted by Gasteiger charge is -1.96. The molecule has 0 atom stereocenters. The zero-order chi connectivity index (χ0) is 8.27. The largest absolute Gasteiger partial charge is 0.406 e. The van der Waals surface area contributed by atoms with E-state index in [0.29, 0.717) is 5.88 Å². The maximum Gasteiger partial charge on any atom is 0.309 e. The van der Waals surface area contributed by atoms with Crippen LogP contribution in [0, 0.1) is 0 Å². The third-order valence-corrected chi connectivity index (χ3v) is 2.12. The van der Waals surface area contributed by atoms with Crippen molar-refractivity contribution in [2.24, 2.45) is 0 Å². The number of hydrogen-bond acceptors (Lipinski definition) is 4. The van der Waals surface area contributed by atoms with Crippen LogP contribution in [0.3, 0.4) is 0 Å². The van der Waals surface area contributed by atoms with Crippen molar-refractivity contribution in [2.45, 2.75) is 20.3 Å². The number of rotatable bonds is 2. The van der Waals surface area contributed by atoms with Gasteiger partial charge in [-0.05, 0) is 6.42 Å². The number of esters is 1. The number of thiazole rings is 1. The fourth-order valence-electron chi connectivity index (χ4n) is 0.714. The van der Waals surface area contributed by atoms with E-state index in [0.717, 1.165) is 11.3 Å². The molecule has 0 amide bonds. The Morgan fingerprint density at radius 3 is 3.09 bits per heavy atom. The van der Waals surface area contributed by atoms with Gasteiger partial charge in [0.05, 0.1) is 10.4 Å². The van der Waals surface area contributed by atoms with Gasteiger partial charge in [-0.3, -0.25) is 4.79 Å². The van der Waals surface area contributed by atoms with Crippen LogP contribution in [0.2, 0.25) is 0 Å². The minimum Gasteiger partial charge on any atom is -0.406 e. The maximum absolute atomic E-state index is 10.5. The van der Waals surface area contributed by atoms with Crippen LogP contribution in [0.4, 0.5) is 0 Å². The summed E-state index contributed by atoms with van der Waals surface area (Å²) in [6.45, 7) is 3.37. The number of aryl methyl sites for hydroxylation is 1. The Balaban J connectivity index is 2.76. The molecule has 0 aromatic carbocycles. The SMILES string of the molecule is CCc1scnc1OC(C)=O. The zero-order valence-corrected chi connectivity index (χ0v) is 7.27. The molecule has 0 aliphatic heterocycles. The molecule has 0 spiro atoms. The summed E-state index contributed by atoms with van der Waals surface area (Å²) in [5, 5.41) is 0. The summed E-state index contributed by atoms with van der Waals surface area (Å²) < 4.78 is 4.84. The van der Waals surface area contributed by atoms with E-state index in [9.17, 15) is 4.79 Å². The number of carbonyl (C=O) groups excluding carboxylic acids is 1. The molecule has 0 aliphatic rings. The van der Waals surface area contributed by atoms with E-state index in [-0.39, 0.29) is 5.97 Å². The van der Waals surface area contributed by atoms with Crippen molar-refractivity contribution in [3.63, 3.8) is 0 Å². The number of carbonyl (C=O) groups is 1. The Morgan fingerprint density at radius 2 is 2.55 bits per heavy atom. The van der Waals surface area contributed by atoms with E-state index in [2.05, 4.69) is 4.98 Å². The van der Waals surface area contributed by atoms with Crippen LogP contribution in [-0.2, 0) is 11.2 Å². The lowest BCUT2D eigenvalue weighted by molar-refractivity contribution is -0.132. The second-order valence-electron chi connectivity index (χ2n) is 2.03. The van der Waals surface area contributed by atoms with Crippen LogP contribution in [-0.4, -0.2) is 11.0 Å².